The number of nitrogens with zero attached hydrogens (tertiary/aromatic N) is 1. The molecule has 4 nitrogen and oxygen atoms in total. The molecule has 0 aliphatic carbocycles. The Labute approximate surface area is 193 Å². The van der Waals surface area contributed by atoms with Crippen LogP contribution in [0.4, 0.5) is 11.4 Å². The lowest BCUT2D eigenvalue weighted by atomic mass is 9.99. The van der Waals surface area contributed by atoms with E-state index in [0.29, 0.717) is 27.5 Å². The van der Waals surface area contributed by atoms with Gasteiger partial charge in [-0.25, -0.2) is 4.90 Å². The Hall–Kier alpha value is -3.37. The van der Waals surface area contributed by atoms with Gasteiger partial charge in [0, 0.05) is 10.7 Å². The average Bonchev–Trinajstić information content (AvgIpc) is 2.99. The molecule has 0 unspecified atom stereocenters. The summed E-state index contributed by atoms with van der Waals surface area (Å²) in [5.41, 5.74) is 7.59. The van der Waals surface area contributed by atoms with Crippen LogP contribution in [0.1, 0.15) is 33.4 Å². The van der Waals surface area contributed by atoms with Gasteiger partial charge in [-0.3, -0.25) is 9.59 Å². The predicted molar refractivity (Wildman–Crippen MR) is 131 cm³/mol. The van der Waals surface area contributed by atoms with E-state index in [1.807, 2.05) is 83.1 Å². The maximum atomic E-state index is 13.7. The summed E-state index contributed by atoms with van der Waals surface area (Å²) in [4.78, 5) is 28.6. The van der Waals surface area contributed by atoms with Gasteiger partial charge in [-0.05, 0) is 86.2 Å². The molecule has 4 rings (SSSR count). The zero-order valence-corrected chi connectivity index (χ0v) is 19.6. The molecule has 2 amide bonds. The summed E-state index contributed by atoms with van der Waals surface area (Å²) >= 11 is 6.30. The minimum absolute atomic E-state index is 0.249. The molecule has 1 aliphatic heterocycles. The Morgan fingerprint density at radius 1 is 0.750 bits per heavy atom. The number of nitrogens with one attached hydrogen (secondary N) is 1. The highest BCUT2D eigenvalue weighted by Crippen LogP contribution is 2.36. The fourth-order valence-electron chi connectivity index (χ4n) is 3.82. The zero-order valence-electron chi connectivity index (χ0n) is 18.8. The van der Waals surface area contributed by atoms with Crippen molar-refractivity contribution in [2.24, 2.45) is 0 Å². The molecule has 0 aromatic heterocycles. The van der Waals surface area contributed by atoms with E-state index in [-0.39, 0.29) is 17.5 Å². The molecule has 3 aromatic carbocycles. The third-order valence-corrected chi connectivity index (χ3v) is 6.54. The van der Waals surface area contributed by atoms with Gasteiger partial charge in [0.05, 0.1) is 11.3 Å². The van der Waals surface area contributed by atoms with E-state index in [1.54, 1.807) is 6.07 Å². The van der Waals surface area contributed by atoms with Gasteiger partial charge in [0.25, 0.3) is 11.8 Å². The van der Waals surface area contributed by atoms with E-state index in [9.17, 15) is 9.59 Å². The summed E-state index contributed by atoms with van der Waals surface area (Å²) in [6.07, 6.45) is 0. The molecular formula is C27H25ClN2O2. The molecule has 0 spiro atoms. The second-order valence-electron chi connectivity index (χ2n) is 8.30. The van der Waals surface area contributed by atoms with Crippen LogP contribution in [0, 0.1) is 34.6 Å². The zero-order chi connectivity index (χ0) is 23.2. The van der Waals surface area contributed by atoms with Crippen LogP contribution in [0.5, 0.6) is 0 Å². The van der Waals surface area contributed by atoms with Crippen molar-refractivity contribution in [3.63, 3.8) is 0 Å². The van der Waals surface area contributed by atoms with Crippen molar-refractivity contribution in [3.05, 3.63) is 98.7 Å². The van der Waals surface area contributed by atoms with Crippen molar-refractivity contribution in [1.29, 1.82) is 0 Å². The first-order chi connectivity index (χ1) is 15.2. The Morgan fingerprint density at radius 2 is 1.47 bits per heavy atom. The minimum Gasteiger partial charge on any atom is -0.350 e. The van der Waals surface area contributed by atoms with Gasteiger partial charge in [0.15, 0.2) is 0 Å². The van der Waals surface area contributed by atoms with Crippen LogP contribution in [0.25, 0.3) is 5.57 Å². The number of halogens is 1. The Bertz CT molecular complexity index is 1310. The minimum atomic E-state index is -0.381. The van der Waals surface area contributed by atoms with Crippen molar-refractivity contribution < 1.29 is 9.59 Å². The van der Waals surface area contributed by atoms with Crippen LogP contribution >= 0.6 is 11.6 Å². The maximum absolute atomic E-state index is 13.7. The topological polar surface area (TPSA) is 49.4 Å². The lowest BCUT2D eigenvalue weighted by Crippen LogP contribution is -2.33. The van der Waals surface area contributed by atoms with E-state index < -0.39 is 0 Å². The summed E-state index contributed by atoms with van der Waals surface area (Å²) in [7, 11) is 0. The van der Waals surface area contributed by atoms with Crippen LogP contribution in [-0.4, -0.2) is 11.8 Å². The molecule has 32 heavy (non-hydrogen) atoms. The van der Waals surface area contributed by atoms with Crippen LogP contribution in [0.3, 0.4) is 0 Å². The lowest BCUT2D eigenvalue weighted by Gasteiger charge is -2.19. The molecule has 5 heteroatoms. The van der Waals surface area contributed by atoms with Gasteiger partial charge < -0.3 is 5.32 Å². The summed E-state index contributed by atoms with van der Waals surface area (Å²) in [6, 6.07) is 16.9. The number of carbonyl (C=O) groups is 2. The molecule has 3 aromatic rings. The lowest BCUT2D eigenvalue weighted by molar-refractivity contribution is -0.120. The number of carbonyl (C=O) groups excluding carboxylic acids is 2. The maximum Gasteiger partial charge on any atom is 0.282 e. The standard InChI is InChI=1S/C27H25ClN2O2/c1-15-9-11-20(13-18(15)4)24-25(29-21-12-10-17(3)22(28)14-21)27(32)30(26(24)31)23-8-6-7-16(2)19(23)5/h6-14,29H,1-5H3. The molecule has 0 saturated carbocycles. The largest absolute Gasteiger partial charge is 0.350 e. The number of aryl methyl sites for hydroxylation is 4. The van der Waals surface area contributed by atoms with Crippen LogP contribution < -0.4 is 10.2 Å². The Morgan fingerprint density at radius 3 is 2.16 bits per heavy atom. The number of amides is 2. The summed E-state index contributed by atoms with van der Waals surface area (Å²) in [5.74, 6) is -0.721. The van der Waals surface area contributed by atoms with Gasteiger partial charge in [-0.2, -0.15) is 0 Å². The molecule has 1 heterocycles. The number of rotatable bonds is 4. The first-order valence-electron chi connectivity index (χ1n) is 10.5. The Kier molecular flexibility index (Phi) is 5.66. The van der Waals surface area contributed by atoms with Crippen LogP contribution in [0.15, 0.2) is 60.3 Å². The number of anilines is 2. The van der Waals surface area contributed by atoms with Gasteiger partial charge in [-0.15, -0.1) is 0 Å². The molecule has 1 aliphatic rings. The second-order valence-corrected chi connectivity index (χ2v) is 8.71. The molecule has 162 valence electrons. The van der Waals surface area contributed by atoms with Crippen molar-refractivity contribution in [2.45, 2.75) is 34.6 Å². The third-order valence-electron chi connectivity index (χ3n) is 6.14. The van der Waals surface area contributed by atoms with Gasteiger partial charge in [0.2, 0.25) is 0 Å². The fourth-order valence-corrected chi connectivity index (χ4v) is 4.00. The average molecular weight is 445 g/mol. The van der Waals surface area contributed by atoms with Crippen molar-refractivity contribution in [1.82, 2.24) is 0 Å². The first kappa shape index (κ1) is 21.8. The van der Waals surface area contributed by atoms with Crippen molar-refractivity contribution in [3.8, 4) is 0 Å². The monoisotopic (exact) mass is 444 g/mol. The quantitative estimate of drug-likeness (QED) is 0.482. The van der Waals surface area contributed by atoms with Crippen LogP contribution in [0.2, 0.25) is 5.02 Å². The molecular weight excluding hydrogens is 420 g/mol. The van der Waals surface area contributed by atoms with E-state index in [4.69, 9.17) is 11.6 Å². The predicted octanol–water partition coefficient (Wildman–Crippen LogP) is 6.28. The summed E-state index contributed by atoms with van der Waals surface area (Å²) in [6.45, 7) is 9.82. The fraction of sp³-hybridized carbons (Fsp3) is 0.185. The van der Waals surface area contributed by atoms with Gasteiger partial charge in [0.1, 0.15) is 5.70 Å². The van der Waals surface area contributed by atoms with Gasteiger partial charge in [-0.1, -0.05) is 48.0 Å². The van der Waals surface area contributed by atoms with Crippen molar-refractivity contribution in [2.75, 3.05) is 10.2 Å². The van der Waals surface area contributed by atoms with Crippen LogP contribution in [-0.2, 0) is 9.59 Å². The van der Waals surface area contributed by atoms with E-state index >= 15 is 0 Å². The molecule has 0 atom stereocenters. The molecule has 0 radical (unpaired) electrons. The van der Waals surface area contributed by atoms with E-state index in [1.165, 1.54) is 4.90 Å². The summed E-state index contributed by atoms with van der Waals surface area (Å²) < 4.78 is 0. The van der Waals surface area contributed by atoms with E-state index in [0.717, 1.165) is 27.8 Å². The molecule has 0 fully saturated rings. The molecule has 0 bridgehead atoms. The number of benzene rings is 3. The van der Waals surface area contributed by atoms with E-state index in [2.05, 4.69) is 5.32 Å². The SMILES string of the molecule is Cc1ccc(C2=C(Nc3ccc(C)c(Cl)c3)C(=O)N(c3cccc(C)c3C)C2=O)cc1C. The number of hydrogen-bond donors (Lipinski definition) is 1. The normalized spacial score (nSPS) is 13.9. The third kappa shape index (κ3) is 3.71. The van der Waals surface area contributed by atoms with Crippen molar-refractivity contribution >= 4 is 40.4 Å². The highest BCUT2D eigenvalue weighted by molar-refractivity contribution is 6.46. The second kappa shape index (κ2) is 8.29. The molecule has 1 N–H and O–H groups in total. The highest BCUT2D eigenvalue weighted by atomic mass is 35.5. The smallest absolute Gasteiger partial charge is 0.282 e. The van der Waals surface area contributed by atoms with Gasteiger partial charge >= 0.3 is 0 Å². The number of imide groups is 1. The summed E-state index contributed by atoms with van der Waals surface area (Å²) in [5, 5.41) is 3.78. The highest BCUT2D eigenvalue weighted by Gasteiger charge is 2.41. The Balaban J connectivity index is 1.88. The number of hydrogen-bond acceptors (Lipinski definition) is 3. The molecule has 0 saturated heterocycles. The first-order valence-corrected chi connectivity index (χ1v) is 10.9.